The summed E-state index contributed by atoms with van der Waals surface area (Å²) >= 11 is 0. The zero-order chi connectivity index (χ0) is 23.7. The SMILES string of the molecule is CC1=CC[C@H]2C(C)(C)C(=O)CC[C@]2(C)[C@H]1CC[C@H]1C(C)=CC[C@H]2C(C)(C)C(=O)CC[C@]12C. The minimum absolute atomic E-state index is 0.213. The molecule has 0 saturated heterocycles. The fraction of sp³-hybridized carbons (Fsp3) is 0.800. The Morgan fingerprint density at radius 2 is 1.03 bits per heavy atom. The number of hydrogen-bond donors (Lipinski definition) is 0. The first-order valence-corrected chi connectivity index (χ1v) is 13.2. The summed E-state index contributed by atoms with van der Waals surface area (Å²) in [6.45, 7) is 18.5. The van der Waals surface area contributed by atoms with Crippen molar-refractivity contribution in [3.8, 4) is 0 Å². The zero-order valence-electron chi connectivity index (χ0n) is 21.9. The minimum Gasteiger partial charge on any atom is -0.299 e. The average molecular weight is 439 g/mol. The third-order valence-electron chi connectivity index (χ3n) is 11.3. The van der Waals surface area contributed by atoms with Crippen LogP contribution in [-0.4, -0.2) is 11.6 Å². The van der Waals surface area contributed by atoms with Gasteiger partial charge in [-0.25, -0.2) is 0 Å². The standard InChI is InChI=1S/C30H46O2/c1-19-9-13-23-27(3,4)25(31)15-17-29(23,7)21(19)11-12-22-20(2)10-14-24-28(5,6)26(32)16-18-30(22,24)8/h9-10,21-24H,11-18H2,1-8H3/t21-,22-,23-,24-,29+,30+/m0/s1. The van der Waals surface area contributed by atoms with Gasteiger partial charge in [0.1, 0.15) is 11.6 Å². The van der Waals surface area contributed by atoms with Crippen LogP contribution in [0, 0.1) is 45.3 Å². The maximum atomic E-state index is 12.8. The highest BCUT2D eigenvalue weighted by Crippen LogP contribution is 2.62. The molecule has 0 spiro atoms. The summed E-state index contributed by atoms with van der Waals surface area (Å²) < 4.78 is 0. The van der Waals surface area contributed by atoms with E-state index in [4.69, 9.17) is 0 Å². The van der Waals surface area contributed by atoms with Crippen molar-refractivity contribution >= 4 is 11.6 Å². The number of carbonyl (C=O) groups is 2. The Bertz CT molecular complexity index is 799. The van der Waals surface area contributed by atoms with Crippen LogP contribution in [0.2, 0.25) is 0 Å². The van der Waals surface area contributed by atoms with Gasteiger partial charge >= 0.3 is 0 Å². The molecule has 0 aromatic rings. The molecule has 0 N–H and O–H groups in total. The van der Waals surface area contributed by atoms with E-state index in [0.717, 1.165) is 38.5 Å². The van der Waals surface area contributed by atoms with E-state index in [1.807, 2.05) is 0 Å². The van der Waals surface area contributed by atoms with Crippen LogP contribution in [0.4, 0.5) is 0 Å². The molecule has 0 bridgehead atoms. The molecular weight excluding hydrogens is 392 g/mol. The van der Waals surface area contributed by atoms with Crippen LogP contribution in [0.5, 0.6) is 0 Å². The van der Waals surface area contributed by atoms with E-state index in [9.17, 15) is 9.59 Å². The largest absolute Gasteiger partial charge is 0.299 e. The van der Waals surface area contributed by atoms with Gasteiger partial charge in [0, 0.05) is 23.7 Å². The molecule has 4 aliphatic carbocycles. The second kappa shape index (κ2) is 7.67. The van der Waals surface area contributed by atoms with Crippen molar-refractivity contribution in [2.75, 3.05) is 0 Å². The van der Waals surface area contributed by atoms with Crippen LogP contribution in [0.1, 0.15) is 107 Å². The van der Waals surface area contributed by atoms with Crippen LogP contribution in [0.3, 0.4) is 0 Å². The summed E-state index contributed by atoms with van der Waals surface area (Å²) in [5.41, 5.74) is 3.09. The molecule has 2 nitrogen and oxygen atoms in total. The molecular formula is C30H46O2. The molecule has 0 aromatic carbocycles. The van der Waals surface area contributed by atoms with Gasteiger partial charge in [0.05, 0.1) is 0 Å². The van der Waals surface area contributed by atoms with E-state index in [-0.39, 0.29) is 21.7 Å². The van der Waals surface area contributed by atoms with Gasteiger partial charge in [0.2, 0.25) is 0 Å². The number of rotatable bonds is 3. The molecule has 2 heteroatoms. The number of ketones is 2. The second-order valence-electron chi connectivity index (χ2n) is 13.5. The third-order valence-corrected chi connectivity index (χ3v) is 11.3. The number of fused-ring (bicyclic) bond motifs is 2. The summed E-state index contributed by atoms with van der Waals surface area (Å²) in [7, 11) is 0. The lowest BCUT2D eigenvalue weighted by molar-refractivity contribution is -0.145. The van der Waals surface area contributed by atoms with E-state index in [2.05, 4.69) is 67.5 Å². The molecule has 0 amide bonds. The summed E-state index contributed by atoms with van der Waals surface area (Å²) in [6.07, 6.45) is 13.0. The van der Waals surface area contributed by atoms with Gasteiger partial charge in [-0.1, -0.05) is 64.8 Å². The Labute approximate surface area is 196 Å². The van der Waals surface area contributed by atoms with Gasteiger partial charge in [-0.15, -0.1) is 0 Å². The molecule has 6 atom stereocenters. The molecule has 2 fully saturated rings. The van der Waals surface area contributed by atoms with Gasteiger partial charge in [-0.05, 0) is 86.9 Å². The molecule has 0 radical (unpaired) electrons. The monoisotopic (exact) mass is 438 g/mol. The Morgan fingerprint density at radius 1 is 0.688 bits per heavy atom. The fourth-order valence-corrected chi connectivity index (χ4v) is 9.14. The normalized spacial score (nSPS) is 43.1. The van der Waals surface area contributed by atoms with Crippen molar-refractivity contribution in [1.29, 1.82) is 0 Å². The van der Waals surface area contributed by atoms with E-state index >= 15 is 0 Å². The van der Waals surface area contributed by atoms with E-state index in [1.165, 1.54) is 12.8 Å². The van der Waals surface area contributed by atoms with Gasteiger partial charge < -0.3 is 0 Å². The minimum atomic E-state index is -0.214. The van der Waals surface area contributed by atoms with Crippen molar-refractivity contribution in [1.82, 2.24) is 0 Å². The second-order valence-corrected chi connectivity index (χ2v) is 13.5. The Kier molecular flexibility index (Phi) is 5.74. The molecule has 178 valence electrons. The number of hydrogen-bond acceptors (Lipinski definition) is 2. The fourth-order valence-electron chi connectivity index (χ4n) is 9.14. The summed E-state index contributed by atoms with van der Waals surface area (Å²) in [4.78, 5) is 25.6. The number of carbonyl (C=O) groups excluding carboxylic acids is 2. The smallest absolute Gasteiger partial charge is 0.138 e. The van der Waals surface area contributed by atoms with Crippen molar-refractivity contribution < 1.29 is 9.59 Å². The maximum absolute atomic E-state index is 12.8. The highest BCUT2D eigenvalue weighted by atomic mass is 16.1. The van der Waals surface area contributed by atoms with Gasteiger partial charge in [-0.3, -0.25) is 9.59 Å². The molecule has 0 heterocycles. The average Bonchev–Trinajstić information content (AvgIpc) is 2.69. The Hall–Kier alpha value is -1.18. The maximum Gasteiger partial charge on any atom is 0.138 e. The Morgan fingerprint density at radius 3 is 1.38 bits per heavy atom. The first-order valence-electron chi connectivity index (χ1n) is 13.2. The molecule has 0 aliphatic heterocycles. The zero-order valence-corrected chi connectivity index (χ0v) is 21.9. The van der Waals surface area contributed by atoms with Crippen LogP contribution in [0.15, 0.2) is 23.3 Å². The molecule has 0 unspecified atom stereocenters. The van der Waals surface area contributed by atoms with Crippen LogP contribution in [0.25, 0.3) is 0 Å². The van der Waals surface area contributed by atoms with E-state index in [0.29, 0.717) is 35.2 Å². The summed E-state index contributed by atoms with van der Waals surface area (Å²) in [6, 6.07) is 0. The molecule has 4 aliphatic rings. The van der Waals surface area contributed by atoms with Crippen LogP contribution < -0.4 is 0 Å². The first kappa shape index (κ1) is 24.0. The van der Waals surface area contributed by atoms with Crippen LogP contribution in [-0.2, 0) is 9.59 Å². The molecule has 4 rings (SSSR count). The van der Waals surface area contributed by atoms with E-state index < -0.39 is 0 Å². The van der Waals surface area contributed by atoms with Gasteiger partial charge in [-0.2, -0.15) is 0 Å². The summed E-state index contributed by atoms with van der Waals surface area (Å²) in [5, 5.41) is 0. The van der Waals surface area contributed by atoms with Crippen molar-refractivity contribution in [2.45, 2.75) is 107 Å². The van der Waals surface area contributed by atoms with Gasteiger partial charge in [0.25, 0.3) is 0 Å². The van der Waals surface area contributed by atoms with Crippen molar-refractivity contribution in [2.24, 2.45) is 45.3 Å². The number of Topliss-reactive ketones (excluding diaryl/α,β-unsaturated/α-hetero) is 2. The number of allylic oxidation sites excluding steroid dienone is 4. The van der Waals surface area contributed by atoms with Crippen molar-refractivity contribution in [3.05, 3.63) is 23.3 Å². The lowest BCUT2D eigenvalue weighted by Crippen LogP contribution is -2.53. The van der Waals surface area contributed by atoms with Crippen LogP contribution >= 0.6 is 0 Å². The molecule has 32 heavy (non-hydrogen) atoms. The highest BCUT2D eigenvalue weighted by Gasteiger charge is 2.57. The van der Waals surface area contributed by atoms with Crippen molar-refractivity contribution in [3.63, 3.8) is 0 Å². The van der Waals surface area contributed by atoms with Gasteiger partial charge in [0.15, 0.2) is 0 Å². The first-order chi connectivity index (χ1) is 14.8. The third kappa shape index (κ3) is 3.33. The van der Waals surface area contributed by atoms with E-state index in [1.54, 1.807) is 11.1 Å². The highest BCUT2D eigenvalue weighted by molar-refractivity contribution is 5.86. The predicted molar refractivity (Wildman–Crippen MR) is 132 cm³/mol. The lowest BCUT2D eigenvalue weighted by atomic mass is 9.46. The Balaban J connectivity index is 1.61. The lowest BCUT2D eigenvalue weighted by Gasteiger charge is -2.58. The molecule has 2 saturated carbocycles. The predicted octanol–water partition coefficient (Wildman–Crippen LogP) is 7.72. The quantitative estimate of drug-likeness (QED) is 0.423. The molecule has 0 aromatic heterocycles. The summed E-state index contributed by atoms with van der Waals surface area (Å²) in [5.74, 6) is 2.93. The topological polar surface area (TPSA) is 34.1 Å².